The fraction of sp³-hybridized carbons (Fsp3) is 0. The third-order valence-electron chi connectivity index (χ3n) is 1.36. The Morgan fingerprint density at radius 3 is 2.29 bits per heavy atom. The van der Waals surface area contributed by atoms with E-state index in [9.17, 15) is 12.8 Å². The van der Waals surface area contributed by atoms with E-state index in [-0.39, 0.29) is 10.0 Å². The van der Waals surface area contributed by atoms with Gasteiger partial charge in [-0.3, -0.25) is 4.72 Å². The summed E-state index contributed by atoms with van der Waals surface area (Å²) in [5, 5.41) is -0.352. The molecule has 4 nitrogen and oxygen atoms in total. The number of nitrogens with one attached hydrogen (secondary N) is 1. The van der Waals surface area contributed by atoms with Gasteiger partial charge in [-0.2, -0.15) is 0 Å². The quantitative estimate of drug-likeness (QED) is 0.724. The number of thiocarbonyl (C=S) groups is 1. The van der Waals surface area contributed by atoms with Gasteiger partial charge in [0.25, 0.3) is 10.0 Å². The van der Waals surface area contributed by atoms with Crippen LogP contribution < -0.4 is 10.5 Å². The zero-order chi connectivity index (χ0) is 10.8. The zero-order valence-electron chi connectivity index (χ0n) is 6.90. The molecular weight excluding hydrogens is 227 g/mol. The van der Waals surface area contributed by atoms with E-state index in [1.54, 1.807) is 0 Å². The lowest BCUT2D eigenvalue weighted by molar-refractivity contribution is 0.591. The molecule has 3 N–H and O–H groups in total. The highest BCUT2D eigenvalue weighted by Gasteiger charge is 2.13. The summed E-state index contributed by atoms with van der Waals surface area (Å²) in [6, 6.07) is 4.31. The number of hydrogen-bond donors (Lipinski definition) is 2. The van der Waals surface area contributed by atoms with Crippen molar-refractivity contribution in [3.05, 3.63) is 30.1 Å². The molecule has 0 aromatic heterocycles. The van der Waals surface area contributed by atoms with Crippen LogP contribution in [0.5, 0.6) is 0 Å². The van der Waals surface area contributed by atoms with Gasteiger partial charge >= 0.3 is 0 Å². The van der Waals surface area contributed by atoms with Gasteiger partial charge in [-0.25, -0.2) is 12.8 Å². The maximum atomic E-state index is 12.5. The van der Waals surface area contributed by atoms with E-state index in [0.717, 1.165) is 24.3 Å². The van der Waals surface area contributed by atoms with Crippen molar-refractivity contribution >= 4 is 27.4 Å². The first-order chi connectivity index (χ1) is 6.42. The smallest absolute Gasteiger partial charge is 0.263 e. The van der Waals surface area contributed by atoms with Crippen LogP contribution in [0.1, 0.15) is 0 Å². The van der Waals surface area contributed by atoms with Crippen LogP contribution in [0.25, 0.3) is 0 Å². The van der Waals surface area contributed by atoms with E-state index in [2.05, 4.69) is 12.2 Å². The van der Waals surface area contributed by atoms with Crippen molar-refractivity contribution < 1.29 is 12.8 Å². The fourth-order valence-corrected chi connectivity index (χ4v) is 2.01. The predicted octanol–water partition coefficient (Wildman–Crippen LogP) is 0.348. The lowest BCUT2D eigenvalue weighted by atomic mass is 10.4. The topological polar surface area (TPSA) is 72.2 Å². The predicted molar refractivity (Wildman–Crippen MR) is 53.5 cm³/mol. The highest BCUT2D eigenvalue weighted by Crippen LogP contribution is 2.08. The molecule has 0 heterocycles. The molecule has 0 saturated carbocycles. The molecule has 0 spiro atoms. The number of nitrogens with two attached hydrogens (primary N) is 1. The van der Waals surface area contributed by atoms with E-state index in [1.165, 1.54) is 0 Å². The summed E-state index contributed by atoms with van der Waals surface area (Å²) in [7, 11) is -3.76. The van der Waals surface area contributed by atoms with Gasteiger partial charge in [-0.15, -0.1) is 0 Å². The molecule has 0 fully saturated rings. The average Bonchev–Trinajstić information content (AvgIpc) is 2.02. The number of hydrogen-bond acceptors (Lipinski definition) is 3. The van der Waals surface area contributed by atoms with Gasteiger partial charge in [0.05, 0.1) is 4.90 Å². The Morgan fingerprint density at radius 1 is 1.36 bits per heavy atom. The molecule has 14 heavy (non-hydrogen) atoms. The molecule has 0 aliphatic heterocycles. The van der Waals surface area contributed by atoms with Crippen molar-refractivity contribution in [2.24, 2.45) is 5.73 Å². The minimum Gasteiger partial charge on any atom is -0.376 e. The van der Waals surface area contributed by atoms with Gasteiger partial charge in [0.1, 0.15) is 5.82 Å². The van der Waals surface area contributed by atoms with Crippen LogP contribution in [0.2, 0.25) is 0 Å². The normalized spacial score (nSPS) is 10.9. The number of sulfonamides is 1. The largest absolute Gasteiger partial charge is 0.376 e. The first kappa shape index (κ1) is 10.9. The molecule has 0 unspecified atom stereocenters. The number of halogens is 1. The highest BCUT2D eigenvalue weighted by atomic mass is 32.2. The maximum absolute atomic E-state index is 12.5. The molecule has 0 radical (unpaired) electrons. The second-order valence-electron chi connectivity index (χ2n) is 2.42. The first-order valence-electron chi connectivity index (χ1n) is 3.49. The van der Waals surface area contributed by atoms with Crippen LogP contribution in [-0.2, 0) is 10.0 Å². The number of benzene rings is 1. The Bertz CT molecular complexity index is 441. The highest BCUT2D eigenvalue weighted by molar-refractivity contribution is 7.91. The third kappa shape index (κ3) is 2.64. The van der Waals surface area contributed by atoms with Crippen molar-refractivity contribution in [1.82, 2.24) is 4.72 Å². The molecule has 0 bridgehead atoms. The number of rotatable bonds is 2. The SMILES string of the molecule is NC(=S)NS(=O)(=O)c1ccc(F)cc1. The van der Waals surface area contributed by atoms with Crippen molar-refractivity contribution in [2.75, 3.05) is 0 Å². The first-order valence-corrected chi connectivity index (χ1v) is 5.39. The molecule has 0 saturated heterocycles. The minimum atomic E-state index is -3.76. The summed E-state index contributed by atoms with van der Waals surface area (Å²) in [5.41, 5.74) is 5.01. The van der Waals surface area contributed by atoms with Crippen LogP contribution in [0.4, 0.5) is 4.39 Å². The van der Waals surface area contributed by atoms with Crippen molar-refractivity contribution in [3.63, 3.8) is 0 Å². The van der Waals surface area contributed by atoms with Gasteiger partial charge in [0.15, 0.2) is 5.11 Å². The van der Waals surface area contributed by atoms with Crippen LogP contribution >= 0.6 is 12.2 Å². The second-order valence-corrected chi connectivity index (χ2v) is 4.55. The monoisotopic (exact) mass is 234 g/mol. The van der Waals surface area contributed by atoms with E-state index in [1.807, 2.05) is 4.72 Å². The lowest BCUT2D eigenvalue weighted by Gasteiger charge is -2.04. The zero-order valence-corrected chi connectivity index (χ0v) is 8.53. The van der Waals surface area contributed by atoms with Crippen LogP contribution in [-0.4, -0.2) is 13.5 Å². The van der Waals surface area contributed by atoms with Crippen LogP contribution in [0.15, 0.2) is 29.2 Å². The Hall–Kier alpha value is -1.21. The minimum absolute atomic E-state index is 0.0910. The van der Waals surface area contributed by atoms with E-state index >= 15 is 0 Å². The van der Waals surface area contributed by atoms with Gasteiger partial charge in [-0.05, 0) is 36.5 Å². The molecule has 0 aliphatic rings. The van der Waals surface area contributed by atoms with E-state index < -0.39 is 15.8 Å². The molecule has 1 aromatic carbocycles. The lowest BCUT2D eigenvalue weighted by Crippen LogP contribution is -2.34. The second kappa shape index (κ2) is 3.89. The average molecular weight is 234 g/mol. The fourth-order valence-electron chi connectivity index (χ4n) is 0.805. The molecular formula is C7H7FN2O2S2. The third-order valence-corrected chi connectivity index (χ3v) is 2.97. The molecule has 76 valence electrons. The van der Waals surface area contributed by atoms with Crippen LogP contribution in [0.3, 0.4) is 0 Å². The maximum Gasteiger partial charge on any atom is 0.263 e. The summed E-state index contributed by atoms with van der Waals surface area (Å²) in [6.07, 6.45) is 0. The van der Waals surface area contributed by atoms with E-state index in [4.69, 9.17) is 5.73 Å². The summed E-state index contributed by atoms with van der Waals surface area (Å²) in [6.45, 7) is 0. The molecule has 0 aliphatic carbocycles. The van der Waals surface area contributed by atoms with E-state index in [0.29, 0.717) is 0 Å². The van der Waals surface area contributed by atoms with Crippen molar-refractivity contribution in [2.45, 2.75) is 4.90 Å². The van der Waals surface area contributed by atoms with Gasteiger partial charge in [0.2, 0.25) is 0 Å². The van der Waals surface area contributed by atoms with Crippen molar-refractivity contribution in [1.29, 1.82) is 0 Å². The molecule has 0 atom stereocenters. The van der Waals surface area contributed by atoms with Gasteiger partial charge in [-0.1, -0.05) is 0 Å². The van der Waals surface area contributed by atoms with Crippen LogP contribution in [0, 0.1) is 5.82 Å². The summed E-state index contributed by atoms with van der Waals surface area (Å²) in [4.78, 5) is -0.0910. The molecule has 1 aromatic rings. The Morgan fingerprint density at radius 2 is 1.86 bits per heavy atom. The molecule has 7 heteroatoms. The molecule has 0 amide bonds. The van der Waals surface area contributed by atoms with Crippen molar-refractivity contribution in [3.8, 4) is 0 Å². The van der Waals surface area contributed by atoms with Gasteiger partial charge < -0.3 is 5.73 Å². The summed E-state index contributed by atoms with van der Waals surface area (Å²) < 4.78 is 37.1. The summed E-state index contributed by atoms with van der Waals surface area (Å²) >= 11 is 4.38. The standard InChI is InChI=1S/C7H7FN2O2S2/c8-5-1-3-6(4-2-5)14(11,12)10-7(9)13/h1-4H,(H3,9,10,13). The Labute approximate surface area is 86.0 Å². The Balaban J connectivity index is 3.05. The molecule has 1 rings (SSSR count). The Kier molecular flexibility index (Phi) is 3.02. The summed E-state index contributed by atoms with van der Waals surface area (Å²) in [5.74, 6) is -0.515. The van der Waals surface area contributed by atoms with Gasteiger partial charge in [0, 0.05) is 0 Å².